The van der Waals surface area contributed by atoms with E-state index in [1.807, 2.05) is 55.5 Å². The van der Waals surface area contributed by atoms with E-state index in [1.54, 1.807) is 6.07 Å². The van der Waals surface area contributed by atoms with Crippen LogP contribution >= 0.6 is 0 Å². The van der Waals surface area contributed by atoms with Crippen molar-refractivity contribution in [3.63, 3.8) is 0 Å². The number of piperazine rings is 1. The van der Waals surface area contributed by atoms with Crippen LogP contribution in [0.25, 0.3) is 0 Å². The molecule has 0 bridgehead atoms. The third-order valence-corrected chi connectivity index (χ3v) is 7.14. The first-order valence-electron chi connectivity index (χ1n) is 13.1. The highest BCUT2D eigenvalue weighted by atomic mass is 16.1. The van der Waals surface area contributed by atoms with E-state index in [0.29, 0.717) is 24.2 Å². The first-order chi connectivity index (χ1) is 18.5. The second-order valence-corrected chi connectivity index (χ2v) is 9.64. The molecule has 1 aliphatic heterocycles. The van der Waals surface area contributed by atoms with Crippen LogP contribution in [0.5, 0.6) is 0 Å². The number of para-hydroxylation sites is 2. The molecule has 0 spiro atoms. The summed E-state index contributed by atoms with van der Waals surface area (Å²) in [6, 6.07) is 23.8. The summed E-state index contributed by atoms with van der Waals surface area (Å²) in [6.07, 6.45) is 0.883. The Hall–Kier alpha value is -4.33. The molecule has 1 saturated heterocycles. The Kier molecular flexibility index (Phi) is 8.98. The van der Waals surface area contributed by atoms with Crippen molar-refractivity contribution in [3.8, 4) is 12.1 Å². The van der Waals surface area contributed by atoms with Crippen molar-refractivity contribution in [2.24, 2.45) is 0 Å². The molecule has 2 N–H and O–H groups in total. The highest BCUT2D eigenvalue weighted by Crippen LogP contribution is 2.22. The number of rotatable bonds is 9. The van der Waals surface area contributed by atoms with E-state index >= 15 is 0 Å². The molecule has 0 aromatic heterocycles. The normalized spacial score (nSPS) is 13.4. The zero-order valence-corrected chi connectivity index (χ0v) is 22.1. The topological polar surface area (TPSA) is 95.2 Å². The van der Waals surface area contributed by atoms with E-state index in [9.17, 15) is 15.3 Å². The number of nitriles is 2. The van der Waals surface area contributed by atoms with Crippen molar-refractivity contribution in [1.29, 1.82) is 10.5 Å². The Labute approximate surface area is 225 Å². The fraction of sp³-hybridized carbons (Fsp3) is 0.323. The Morgan fingerprint density at radius 1 is 0.868 bits per heavy atom. The third-order valence-electron chi connectivity index (χ3n) is 7.14. The maximum absolute atomic E-state index is 13.0. The van der Waals surface area contributed by atoms with Gasteiger partial charge in [-0.2, -0.15) is 10.5 Å². The standard InChI is InChI=1S/C31H34N6O/c1-23-19-24(2)28(31(38)35-13-12-34-29-9-5-3-7-26(29)21-32)20-25(23)11-14-36-15-17-37(18-16-36)30-10-6-4-8-27(30)22-33/h3-10,19-20,34H,11-18H2,1-2H3,(H,35,38). The lowest BCUT2D eigenvalue weighted by molar-refractivity contribution is 0.0954. The minimum absolute atomic E-state index is 0.0797. The van der Waals surface area contributed by atoms with Gasteiger partial charge in [-0.15, -0.1) is 0 Å². The Morgan fingerprint density at radius 3 is 2.29 bits per heavy atom. The molecule has 1 aliphatic rings. The van der Waals surface area contributed by atoms with Crippen molar-refractivity contribution in [2.75, 3.05) is 56.0 Å². The number of hydrogen-bond donors (Lipinski definition) is 2. The molecule has 0 unspecified atom stereocenters. The average molecular weight is 507 g/mol. The van der Waals surface area contributed by atoms with Gasteiger partial charge in [0.05, 0.1) is 22.5 Å². The smallest absolute Gasteiger partial charge is 0.251 e. The van der Waals surface area contributed by atoms with E-state index in [2.05, 4.69) is 45.6 Å². The Bertz CT molecular complexity index is 1360. The summed E-state index contributed by atoms with van der Waals surface area (Å²) in [7, 11) is 0. The lowest BCUT2D eigenvalue weighted by Crippen LogP contribution is -2.47. The minimum Gasteiger partial charge on any atom is -0.382 e. The van der Waals surface area contributed by atoms with Crippen LogP contribution in [-0.4, -0.2) is 56.6 Å². The molecule has 1 heterocycles. The number of hydrogen-bond acceptors (Lipinski definition) is 6. The Morgan fingerprint density at radius 2 is 1.55 bits per heavy atom. The fourth-order valence-electron chi connectivity index (χ4n) is 4.95. The molecule has 1 amide bonds. The number of amides is 1. The molecule has 0 aliphatic carbocycles. The molecule has 3 aromatic carbocycles. The monoisotopic (exact) mass is 506 g/mol. The highest BCUT2D eigenvalue weighted by molar-refractivity contribution is 5.96. The molecule has 0 atom stereocenters. The summed E-state index contributed by atoms with van der Waals surface area (Å²) in [5, 5.41) is 24.9. The van der Waals surface area contributed by atoms with E-state index in [4.69, 9.17) is 0 Å². The summed E-state index contributed by atoms with van der Waals surface area (Å²) in [5.41, 5.74) is 7.18. The van der Waals surface area contributed by atoms with Crippen LogP contribution in [0, 0.1) is 36.5 Å². The van der Waals surface area contributed by atoms with Gasteiger partial charge in [0, 0.05) is 51.4 Å². The minimum atomic E-state index is -0.0797. The van der Waals surface area contributed by atoms with Crippen LogP contribution < -0.4 is 15.5 Å². The van der Waals surface area contributed by atoms with Gasteiger partial charge < -0.3 is 15.5 Å². The van der Waals surface area contributed by atoms with Crippen molar-refractivity contribution in [2.45, 2.75) is 20.3 Å². The third kappa shape index (κ3) is 6.51. The second-order valence-electron chi connectivity index (χ2n) is 9.64. The zero-order valence-electron chi connectivity index (χ0n) is 22.1. The van der Waals surface area contributed by atoms with Crippen molar-refractivity contribution >= 4 is 17.3 Å². The van der Waals surface area contributed by atoms with Crippen LogP contribution in [0.3, 0.4) is 0 Å². The summed E-state index contributed by atoms with van der Waals surface area (Å²) < 4.78 is 0. The number of carbonyl (C=O) groups excluding carboxylic acids is 1. The van der Waals surface area contributed by atoms with Crippen LogP contribution in [0.2, 0.25) is 0 Å². The number of anilines is 2. The quantitative estimate of drug-likeness (QED) is 0.421. The van der Waals surface area contributed by atoms with Gasteiger partial charge in [-0.3, -0.25) is 9.69 Å². The predicted octanol–water partition coefficient (Wildman–Crippen LogP) is 4.25. The largest absolute Gasteiger partial charge is 0.382 e. The molecule has 0 radical (unpaired) electrons. The summed E-state index contributed by atoms with van der Waals surface area (Å²) in [5.74, 6) is -0.0797. The van der Waals surface area contributed by atoms with E-state index < -0.39 is 0 Å². The van der Waals surface area contributed by atoms with Crippen LogP contribution in [-0.2, 0) is 6.42 Å². The SMILES string of the molecule is Cc1cc(C)c(C(=O)NCCNc2ccccc2C#N)cc1CCN1CCN(c2ccccc2C#N)CC1. The molecule has 1 fully saturated rings. The van der Waals surface area contributed by atoms with Crippen molar-refractivity contribution in [3.05, 3.63) is 94.0 Å². The van der Waals surface area contributed by atoms with Crippen molar-refractivity contribution in [1.82, 2.24) is 10.2 Å². The molecule has 4 rings (SSSR count). The van der Waals surface area contributed by atoms with E-state index in [0.717, 1.165) is 61.6 Å². The van der Waals surface area contributed by atoms with Gasteiger partial charge in [-0.25, -0.2) is 0 Å². The Balaban J connectivity index is 1.29. The van der Waals surface area contributed by atoms with E-state index in [-0.39, 0.29) is 5.91 Å². The fourth-order valence-corrected chi connectivity index (χ4v) is 4.95. The van der Waals surface area contributed by atoms with Gasteiger partial charge in [0.1, 0.15) is 12.1 Å². The van der Waals surface area contributed by atoms with Gasteiger partial charge in [0.2, 0.25) is 0 Å². The van der Waals surface area contributed by atoms with Gasteiger partial charge in [-0.05, 0) is 67.3 Å². The number of nitrogens with zero attached hydrogens (tertiary/aromatic N) is 4. The van der Waals surface area contributed by atoms with Gasteiger partial charge in [0.25, 0.3) is 5.91 Å². The molecule has 3 aromatic rings. The second kappa shape index (κ2) is 12.8. The number of carbonyl (C=O) groups is 1. The molecule has 0 saturated carbocycles. The molecule has 7 heteroatoms. The van der Waals surface area contributed by atoms with E-state index in [1.165, 1.54) is 11.1 Å². The highest BCUT2D eigenvalue weighted by Gasteiger charge is 2.19. The molecular weight excluding hydrogens is 472 g/mol. The summed E-state index contributed by atoms with van der Waals surface area (Å²) >= 11 is 0. The predicted molar refractivity (Wildman–Crippen MR) is 151 cm³/mol. The van der Waals surface area contributed by atoms with Gasteiger partial charge >= 0.3 is 0 Å². The van der Waals surface area contributed by atoms with Gasteiger partial charge in [0.15, 0.2) is 0 Å². The molecule has 7 nitrogen and oxygen atoms in total. The van der Waals surface area contributed by atoms with Crippen molar-refractivity contribution < 1.29 is 4.79 Å². The molecule has 194 valence electrons. The van der Waals surface area contributed by atoms with Crippen LogP contribution in [0.15, 0.2) is 60.7 Å². The average Bonchev–Trinajstić information content (AvgIpc) is 2.95. The number of aryl methyl sites for hydroxylation is 2. The van der Waals surface area contributed by atoms with Crippen LogP contribution in [0.1, 0.15) is 38.2 Å². The first-order valence-corrected chi connectivity index (χ1v) is 13.1. The molecular formula is C31H34N6O. The molecule has 38 heavy (non-hydrogen) atoms. The first kappa shape index (κ1) is 26.7. The lowest BCUT2D eigenvalue weighted by atomic mass is 9.97. The van der Waals surface area contributed by atoms with Crippen LogP contribution in [0.4, 0.5) is 11.4 Å². The lowest BCUT2D eigenvalue weighted by Gasteiger charge is -2.36. The maximum atomic E-state index is 13.0. The number of benzene rings is 3. The zero-order chi connectivity index (χ0) is 26.9. The maximum Gasteiger partial charge on any atom is 0.251 e. The van der Waals surface area contributed by atoms with Gasteiger partial charge in [-0.1, -0.05) is 30.3 Å². The number of nitrogens with one attached hydrogen (secondary N) is 2. The summed E-state index contributed by atoms with van der Waals surface area (Å²) in [4.78, 5) is 17.7. The summed E-state index contributed by atoms with van der Waals surface area (Å²) in [6.45, 7) is 9.69.